The van der Waals surface area contributed by atoms with E-state index in [0.29, 0.717) is 23.5 Å². The minimum absolute atomic E-state index is 0.250. The van der Waals surface area contributed by atoms with E-state index >= 15 is 0 Å². The molecule has 0 spiro atoms. The number of thiophene rings is 2. The third kappa shape index (κ3) is 4.92. The maximum atomic E-state index is 13.4. The van der Waals surface area contributed by atoms with Crippen molar-refractivity contribution in [3.8, 4) is 6.07 Å². The van der Waals surface area contributed by atoms with Gasteiger partial charge in [-0.15, -0.1) is 22.7 Å². The van der Waals surface area contributed by atoms with Gasteiger partial charge in [0.05, 0.1) is 5.56 Å². The Bertz CT molecular complexity index is 1340. The van der Waals surface area contributed by atoms with E-state index in [4.69, 9.17) is 0 Å². The number of rotatable bonds is 6. The minimum Gasteiger partial charge on any atom is -0.315 e. The standard InChI is InChI=1S/C25H26N4O3S3/c26-15-20-19-11-13-28(16-18-7-2-1-3-8-18)17-22(19)34-25(20)27-24(30)21-9-4-5-12-29(21)35(31,32)23-10-6-14-33-23/h1-3,6-8,10,14,21H,4-5,9,11-13,16-17H2,(H,27,30). The normalized spacial score (nSPS) is 19.1. The molecule has 2 aliphatic heterocycles. The summed E-state index contributed by atoms with van der Waals surface area (Å²) in [7, 11) is -3.74. The molecule has 1 saturated heterocycles. The van der Waals surface area contributed by atoms with Crippen LogP contribution in [-0.4, -0.2) is 42.7 Å². The Morgan fingerprint density at radius 2 is 1.97 bits per heavy atom. The van der Waals surface area contributed by atoms with Gasteiger partial charge in [0.15, 0.2) is 0 Å². The van der Waals surface area contributed by atoms with E-state index < -0.39 is 16.1 Å². The fourth-order valence-corrected chi connectivity index (χ4v) is 8.83. The lowest BCUT2D eigenvalue weighted by molar-refractivity contribution is -0.120. The molecular weight excluding hydrogens is 501 g/mol. The SMILES string of the molecule is N#Cc1c(NC(=O)C2CCCCN2S(=O)(=O)c2cccs2)sc2c1CCN(Cc1ccccc1)C2. The Hall–Kier alpha value is -2.55. The first-order chi connectivity index (χ1) is 17.0. The molecule has 2 aromatic heterocycles. The van der Waals surface area contributed by atoms with Gasteiger partial charge in [0, 0.05) is 31.1 Å². The number of fused-ring (bicyclic) bond motifs is 1. The van der Waals surface area contributed by atoms with E-state index in [-0.39, 0.29) is 10.1 Å². The second kappa shape index (κ2) is 10.2. The van der Waals surface area contributed by atoms with Crippen LogP contribution in [0.1, 0.15) is 40.8 Å². The summed E-state index contributed by atoms with van der Waals surface area (Å²) in [5, 5.41) is 15.1. The summed E-state index contributed by atoms with van der Waals surface area (Å²) in [6, 6.07) is 15.1. The molecule has 0 saturated carbocycles. The Kier molecular flexibility index (Phi) is 7.05. The number of nitriles is 1. The molecule has 0 bridgehead atoms. The maximum absolute atomic E-state index is 13.4. The third-order valence-corrected chi connectivity index (χ3v) is 11.0. The number of sulfonamides is 1. The van der Waals surface area contributed by atoms with Crippen LogP contribution in [0.15, 0.2) is 52.1 Å². The molecule has 1 amide bonds. The van der Waals surface area contributed by atoms with Crippen LogP contribution in [0, 0.1) is 11.3 Å². The third-order valence-electron chi connectivity index (χ3n) is 6.55. The number of nitrogens with one attached hydrogen (secondary N) is 1. The lowest BCUT2D eigenvalue weighted by Gasteiger charge is -2.33. The molecule has 1 N–H and O–H groups in total. The van der Waals surface area contributed by atoms with Gasteiger partial charge < -0.3 is 5.32 Å². The lowest BCUT2D eigenvalue weighted by atomic mass is 10.0. The van der Waals surface area contributed by atoms with Crippen molar-refractivity contribution in [3.05, 3.63) is 69.4 Å². The van der Waals surface area contributed by atoms with E-state index in [0.717, 1.165) is 60.7 Å². The number of piperidine rings is 1. The number of benzene rings is 1. The Morgan fingerprint density at radius 1 is 1.14 bits per heavy atom. The van der Waals surface area contributed by atoms with Crippen LogP contribution in [0.25, 0.3) is 0 Å². The predicted octanol–water partition coefficient (Wildman–Crippen LogP) is 4.42. The summed E-state index contributed by atoms with van der Waals surface area (Å²) in [5.41, 5.74) is 2.76. The Morgan fingerprint density at radius 3 is 2.71 bits per heavy atom. The number of amides is 1. The molecule has 1 fully saturated rings. The lowest BCUT2D eigenvalue weighted by Crippen LogP contribution is -2.49. The highest BCUT2D eigenvalue weighted by atomic mass is 32.2. The molecule has 182 valence electrons. The molecule has 1 atom stereocenters. The van der Waals surface area contributed by atoms with Gasteiger partial charge in [-0.1, -0.05) is 42.8 Å². The number of hydrogen-bond donors (Lipinski definition) is 1. The highest BCUT2D eigenvalue weighted by molar-refractivity contribution is 7.91. The van der Waals surface area contributed by atoms with E-state index in [9.17, 15) is 18.5 Å². The fraction of sp³-hybridized carbons (Fsp3) is 0.360. The molecule has 10 heteroatoms. The van der Waals surface area contributed by atoms with Crippen LogP contribution < -0.4 is 5.32 Å². The van der Waals surface area contributed by atoms with Crippen LogP contribution in [-0.2, 0) is 34.3 Å². The second-order valence-electron chi connectivity index (χ2n) is 8.81. The Balaban J connectivity index is 1.34. The molecule has 5 rings (SSSR count). The van der Waals surface area contributed by atoms with Crippen LogP contribution >= 0.6 is 22.7 Å². The van der Waals surface area contributed by atoms with Crippen molar-refractivity contribution < 1.29 is 13.2 Å². The number of carbonyl (C=O) groups is 1. The molecule has 35 heavy (non-hydrogen) atoms. The van der Waals surface area contributed by atoms with Crippen molar-refractivity contribution in [2.75, 3.05) is 18.4 Å². The summed E-state index contributed by atoms with van der Waals surface area (Å²) in [5.74, 6) is -0.360. The van der Waals surface area contributed by atoms with Gasteiger partial charge in [0.2, 0.25) is 5.91 Å². The van der Waals surface area contributed by atoms with Gasteiger partial charge in [-0.25, -0.2) is 8.42 Å². The summed E-state index contributed by atoms with van der Waals surface area (Å²) >= 11 is 2.60. The molecule has 0 aliphatic carbocycles. The number of hydrogen-bond acceptors (Lipinski definition) is 7. The van der Waals surface area contributed by atoms with E-state index in [1.54, 1.807) is 17.5 Å². The van der Waals surface area contributed by atoms with Crippen molar-refractivity contribution in [2.24, 2.45) is 0 Å². The molecule has 2 aliphatic rings. The fourth-order valence-electron chi connectivity index (χ4n) is 4.82. The summed E-state index contributed by atoms with van der Waals surface area (Å²) in [4.78, 5) is 16.8. The molecule has 1 unspecified atom stereocenters. The predicted molar refractivity (Wildman–Crippen MR) is 138 cm³/mol. The zero-order chi connectivity index (χ0) is 24.4. The number of nitrogens with zero attached hydrogens (tertiary/aromatic N) is 3. The van der Waals surface area contributed by atoms with E-state index in [1.165, 1.54) is 21.2 Å². The molecule has 4 heterocycles. The second-order valence-corrected chi connectivity index (χ2v) is 13.0. The zero-order valence-electron chi connectivity index (χ0n) is 19.1. The average Bonchev–Trinajstić information content (AvgIpc) is 3.53. The Labute approximate surface area is 213 Å². The van der Waals surface area contributed by atoms with Crippen molar-refractivity contribution >= 4 is 43.6 Å². The van der Waals surface area contributed by atoms with Gasteiger partial charge in [-0.3, -0.25) is 9.69 Å². The van der Waals surface area contributed by atoms with E-state index in [2.05, 4.69) is 28.4 Å². The smallest absolute Gasteiger partial charge is 0.253 e. The first-order valence-electron chi connectivity index (χ1n) is 11.6. The highest BCUT2D eigenvalue weighted by Crippen LogP contribution is 2.38. The maximum Gasteiger partial charge on any atom is 0.253 e. The van der Waals surface area contributed by atoms with Gasteiger partial charge in [0.25, 0.3) is 10.0 Å². The van der Waals surface area contributed by atoms with Crippen LogP contribution in [0.4, 0.5) is 5.00 Å². The summed E-state index contributed by atoms with van der Waals surface area (Å²) in [6.45, 7) is 2.72. The van der Waals surface area contributed by atoms with Crippen molar-refractivity contribution in [1.82, 2.24) is 9.21 Å². The quantitative estimate of drug-likeness (QED) is 0.513. The zero-order valence-corrected chi connectivity index (χ0v) is 21.6. The van der Waals surface area contributed by atoms with Crippen molar-refractivity contribution in [1.29, 1.82) is 5.26 Å². The van der Waals surface area contributed by atoms with Crippen molar-refractivity contribution in [3.63, 3.8) is 0 Å². The van der Waals surface area contributed by atoms with Gasteiger partial charge in [0.1, 0.15) is 21.3 Å². The summed E-state index contributed by atoms with van der Waals surface area (Å²) < 4.78 is 28.0. The van der Waals surface area contributed by atoms with Gasteiger partial charge in [-0.05, 0) is 41.8 Å². The van der Waals surface area contributed by atoms with Crippen LogP contribution in [0.5, 0.6) is 0 Å². The molecule has 1 aromatic carbocycles. The van der Waals surface area contributed by atoms with Gasteiger partial charge >= 0.3 is 0 Å². The molecule has 7 nitrogen and oxygen atoms in total. The minimum atomic E-state index is -3.74. The van der Waals surface area contributed by atoms with Crippen LogP contribution in [0.3, 0.4) is 0 Å². The van der Waals surface area contributed by atoms with Crippen LogP contribution in [0.2, 0.25) is 0 Å². The monoisotopic (exact) mass is 526 g/mol. The van der Waals surface area contributed by atoms with Gasteiger partial charge in [-0.2, -0.15) is 9.57 Å². The summed E-state index contributed by atoms with van der Waals surface area (Å²) in [6.07, 6.45) is 2.73. The number of carbonyl (C=O) groups excluding carboxylic acids is 1. The first-order valence-corrected chi connectivity index (χ1v) is 14.8. The highest BCUT2D eigenvalue weighted by Gasteiger charge is 2.38. The first kappa shape index (κ1) is 24.2. The largest absolute Gasteiger partial charge is 0.315 e. The van der Waals surface area contributed by atoms with E-state index in [1.807, 2.05) is 18.2 Å². The molecule has 0 radical (unpaired) electrons. The molecular formula is C25H26N4O3S3. The topological polar surface area (TPSA) is 93.5 Å². The average molecular weight is 527 g/mol. The molecule has 3 aromatic rings. The number of anilines is 1. The van der Waals surface area contributed by atoms with Crippen molar-refractivity contribution in [2.45, 2.75) is 49.0 Å².